The van der Waals surface area contributed by atoms with E-state index >= 15 is 0 Å². The monoisotopic (exact) mass is 246 g/mol. The van der Waals surface area contributed by atoms with Crippen molar-refractivity contribution in [2.75, 3.05) is 0 Å². The summed E-state index contributed by atoms with van der Waals surface area (Å²) >= 11 is 0. The third-order valence-corrected chi connectivity index (χ3v) is 5.30. The van der Waals surface area contributed by atoms with E-state index in [1.165, 1.54) is 25.0 Å². The van der Waals surface area contributed by atoms with Crippen LogP contribution in [0.4, 0.5) is 0 Å². The lowest BCUT2D eigenvalue weighted by Crippen LogP contribution is -2.21. The van der Waals surface area contributed by atoms with Gasteiger partial charge < -0.3 is 9.73 Å². The zero-order chi connectivity index (χ0) is 12.3. The number of nitrogens with zero attached hydrogens (tertiary/aromatic N) is 1. The Morgan fingerprint density at radius 3 is 2.72 bits per heavy atom. The number of aromatic nitrogens is 1. The van der Waals surface area contributed by atoms with E-state index in [0.29, 0.717) is 6.04 Å². The first kappa shape index (κ1) is 11.0. The highest BCUT2D eigenvalue weighted by molar-refractivity contribution is 5.25. The highest BCUT2D eigenvalue weighted by Gasteiger charge is 2.66. The van der Waals surface area contributed by atoms with Crippen LogP contribution >= 0.6 is 0 Å². The molecule has 0 aromatic carbocycles. The number of oxazole rings is 1. The van der Waals surface area contributed by atoms with Crippen molar-refractivity contribution in [3.05, 3.63) is 17.8 Å². The molecule has 3 heteroatoms. The molecule has 0 spiro atoms. The first-order valence-corrected chi connectivity index (χ1v) is 7.42. The van der Waals surface area contributed by atoms with Gasteiger partial charge in [0.15, 0.2) is 0 Å². The van der Waals surface area contributed by atoms with Gasteiger partial charge in [-0.1, -0.05) is 13.8 Å². The first-order chi connectivity index (χ1) is 8.74. The summed E-state index contributed by atoms with van der Waals surface area (Å²) in [5.74, 6) is 6.65. The molecule has 98 valence electrons. The predicted molar refractivity (Wildman–Crippen MR) is 69.0 cm³/mol. The minimum Gasteiger partial charge on any atom is -0.444 e. The molecule has 4 unspecified atom stereocenters. The van der Waals surface area contributed by atoms with Gasteiger partial charge in [-0.3, -0.25) is 0 Å². The number of hydrogen-bond donors (Lipinski definition) is 1. The molecule has 1 aromatic heterocycles. The Kier molecular flexibility index (Phi) is 2.35. The molecule has 0 aliphatic heterocycles. The van der Waals surface area contributed by atoms with Gasteiger partial charge in [0.2, 0.25) is 5.89 Å². The molecule has 1 heterocycles. The van der Waals surface area contributed by atoms with E-state index in [1.54, 1.807) is 0 Å². The molecule has 3 fully saturated rings. The summed E-state index contributed by atoms with van der Waals surface area (Å²) in [4.78, 5) is 4.42. The molecule has 18 heavy (non-hydrogen) atoms. The summed E-state index contributed by atoms with van der Waals surface area (Å²) in [5.41, 5.74) is 0. The summed E-state index contributed by atoms with van der Waals surface area (Å²) in [6, 6.07) is 0.483. The summed E-state index contributed by atoms with van der Waals surface area (Å²) in [6.07, 6.45) is 6.43. The van der Waals surface area contributed by atoms with Crippen LogP contribution in [0.15, 0.2) is 10.6 Å². The maximum Gasteiger partial charge on any atom is 0.208 e. The zero-order valence-electron chi connectivity index (χ0n) is 11.2. The Bertz CT molecular complexity index is 437. The summed E-state index contributed by atoms with van der Waals surface area (Å²) < 4.78 is 5.95. The van der Waals surface area contributed by atoms with Gasteiger partial charge in [0.1, 0.15) is 5.76 Å². The predicted octanol–water partition coefficient (Wildman–Crippen LogP) is 2.93. The highest BCUT2D eigenvalue weighted by atomic mass is 16.4. The maximum absolute atomic E-state index is 5.95. The molecule has 3 saturated carbocycles. The fraction of sp³-hybridized carbons (Fsp3) is 0.800. The molecule has 0 saturated heterocycles. The van der Waals surface area contributed by atoms with Gasteiger partial charge in [0, 0.05) is 12.0 Å². The molecule has 3 aliphatic rings. The lowest BCUT2D eigenvalue weighted by Gasteiger charge is -2.06. The molecule has 4 rings (SSSR count). The largest absolute Gasteiger partial charge is 0.444 e. The molecule has 2 bridgehead atoms. The Hall–Kier alpha value is -0.830. The lowest BCUT2D eigenvalue weighted by molar-refractivity contribution is 0.400. The second-order valence-electron chi connectivity index (χ2n) is 6.71. The van der Waals surface area contributed by atoms with E-state index in [1.807, 2.05) is 6.20 Å². The van der Waals surface area contributed by atoms with Crippen molar-refractivity contribution in [2.24, 2.45) is 23.7 Å². The van der Waals surface area contributed by atoms with E-state index in [9.17, 15) is 0 Å². The van der Waals surface area contributed by atoms with Crippen LogP contribution in [0.1, 0.15) is 50.7 Å². The molecular weight excluding hydrogens is 224 g/mol. The second kappa shape index (κ2) is 3.83. The van der Waals surface area contributed by atoms with Gasteiger partial charge in [-0.25, -0.2) is 4.98 Å². The van der Waals surface area contributed by atoms with Crippen molar-refractivity contribution in [3.63, 3.8) is 0 Å². The minimum atomic E-state index is 0.483. The summed E-state index contributed by atoms with van der Waals surface area (Å²) in [5, 5.41) is 3.36. The molecule has 3 aliphatic carbocycles. The van der Waals surface area contributed by atoms with E-state index in [4.69, 9.17) is 4.42 Å². The van der Waals surface area contributed by atoms with Crippen molar-refractivity contribution in [1.82, 2.24) is 10.3 Å². The van der Waals surface area contributed by atoms with Gasteiger partial charge in [-0.05, 0) is 42.9 Å². The van der Waals surface area contributed by atoms with E-state index in [0.717, 1.165) is 42.0 Å². The van der Waals surface area contributed by atoms with Crippen LogP contribution in [0.2, 0.25) is 0 Å². The van der Waals surface area contributed by atoms with Crippen LogP contribution in [0.25, 0.3) is 0 Å². The summed E-state index contributed by atoms with van der Waals surface area (Å²) in [6.45, 7) is 5.05. The quantitative estimate of drug-likeness (QED) is 0.887. The van der Waals surface area contributed by atoms with Gasteiger partial charge in [-0.15, -0.1) is 0 Å². The van der Waals surface area contributed by atoms with Crippen molar-refractivity contribution in [1.29, 1.82) is 0 Å². The van der Waals surface area contributed by atoms with Gasteiger partial charge in [0.05, 0.1) is 12.7 Å². The van der Waals surface area contributed by atoms with E-state index in [2.05, 4.69) is 24.1 Å². The Balaban J connectivity index is 1.44. The number of rotatable bonds is 4. The first-order valence-electron chi connectivity index (χ1n) is 7.42. The lowest BCUT2D eigenvalue weighted by atomic mass is 10.0. The van der Waals surface area contributed by atoms with Crippen LogP contribution in [-0.4, -0.2) is 11.0 Å². The topological polar surface area (TPSA) is 38.1 Å². The van der Waals surface area contributed by atoms with Crippen LogP contribution in [0, 0.1) is 23.7 Å². The normalized spacial score (nSPS) is 40.5. The molecule has 3 nitrogen and oxygen atoms in total. The van der Waals surface area contributed by atoms with Gasteiger partial charge >= 0.3 is 0 Å². The fourth-order valence-corrected chi connectivity index (χ4v) is 4.56. The molecular formula is C15H22N2O. The minimum absolute atomic E-state index is 0.483. The fourth-order valence-electron chi connectivity index (χ4n) is 4.56. The number of hydrogen-bond acceptors (Lipinski definition) is 3. The zero-order valence-corrected chi connectivity index (χ0v) is 11.2. The van der Waals surface area contributed by atoms with Crippen LogP contribution < -0.4 is 5.32 Å². The molecule has 0 amide bonds. The van der Waals surface area contributed by atoms with E-state index < -0.39 is 0 Å². The Morgan fingerprint density at radius 1 is 1.33 bits per heavy atom. The average Bonchev–Trinajstić information content (AvgIpc) is 2.77. The van der Waals surface area contributed by atoms with Crippen molar-refractivity contribution in [3.8, 4) is 0 Å². The van der Waals surface area contributed by atoms with Crippen LogP contribution in [0.3, 0.4) is 0 Å². The average molecular weight is 246 g/mol. The van der Waals surface area contributed by atoms with Crippen LogP contribution in [-0.2, 0) is 6.54 Å². The van der Waals surface area contributed by atoms with Crippen molar-refractivity contribution < 1.29 is 4.42 Å². The Labute approximate surface area is 108 Å². The second-order valence-corrected chi connectivity index (χ2v) is 6.71. The van der Waals surface area contributed by atoms with Gasteiger partial charge in [0.25, 0.3) is 0 Å². The maximum atomic E-state index is 5.95. The van der Waals surface area contributed by atoms with E-state index in [-0.39, 0.29) is 0 Å². The SMILES string of the molecule is CC(C)NCc1ncc(C2C3C4CCC(C4)C23)o1. The third kappa shape index (κ3) is 1.56. The summed E-state index contributed by atoms with van der Waals surface area (Å²) in [7, 11) is 0. The van der Waals surface area contributed by atoms with Crippen LogP contribution in [0.5, 0.6) is 0 Å². The Morgan fingerprint density at radius 2 is 2.06 bits per heavy atom. The number of fused-ring (bicyclic) bond motifs is 5. The molecule has 0 radical (unpaired) electrons. The third-order valence-electron chi connectivity index (χ3n) is 5.30. The molecule has 1 aromatic rings. The highest BCUT2D eigenvalue weighted by Crippen LogP contribution is 2.73. The van der Waals surface area contributed by atoms with Gasteiger partial charge in [-0.2, -0.15) is 0 Å². The standard InChI is InChI=1S/C15H22N2O/c1-8(2)16-7-12-17-6-11(18-12)15-13-9-3-4-10(5-9)14(13)15/h6,8-10,13-16H,3-5,7H2,1-2H3. The van der Waals surface area contributed by atoms with Crippen molar-refractivity contribution in [2.45, 2.75) is 51.6 Å². The molecule has 1 N–H and O–H groups in total. The number of nitrogens with one attached hydrogen (secondary N) is 1. The van der Waals surface area contributed by atoms with Crippen molar-refractivity contribution >= 4 is 0 Å². The molecule has 4 atom stereocenters. The smallest absolute Gasteiger partial charge is 0.208 e.